The summed E-state index contributed by atoms with van der Waals surface area (Å²) in [5.74, 6) is 8.70. The Balaban J connectivity index is 1.34. The number of rotatable bonds is 9. The molecule has 0 atom stereocenters. The number of hydrogen-bond acceptors (Lipinski definition) is 2. The summed E-state index contributed by atoms with van der Waals surface area (Å²) in [6, 6.07) is 7.99. The maximum atomic E-state index is 12.5. The first-order valence-corrected chi connectivity index (χ1v) is 13.7. The van der Waals surface area contributed by atoms with Crippen molar-refractivity contribution in [2.45, 2.75) is 110 Å². The molecule has 0 amide bonds. The zero-order chi connectivity index (χ0) is 23.3. The number of unbranched alkanes of at least 4 members (excludes halogenated alkanes) is 2. The van der Waals surface area contributed by atoms with Gasteiger partial charge in [0.2, 0.25) is 0 Å². The molecule has 0 aromatic heterocycles. The van der Waals surface area contributed by atoms with Gasteiger partial charge in [-0.3, -0.25) is 0 Å². The zero-order valence-electron chi connectivity index (χ0n) is 21.0. The molecule has 1 aromatic rings. The van der Waals surface area contributed by atoms with Gasteiger partial charge in [0, 0.05) is 5.92 Å². The number of carbonyl (C=O) groups is 1. The molecule has 2 saturated carbocycles. The minimum atomic E-state index is -0.179. The molecule has 2 heteroatoms. The van der Waals surface area contributed by atoms with E-state index in [1.165, 1.54) is 63.4 Å². The van der Waals surface area contributed by atoms with Gasteiger partial charge in [0.25, 0.3) is 0 Å². The Labute approximate surface area is 202 Å². The molecule has 0 heterocycles. The molecule has 2 aliphatic rings. The molecule has 180 valence electrons. The SMILES string of the molecule is CCCCCc1ccc(C(=O)OC2CCC(C#CC=CC3CCC(CCC)CC3)CC2)cc1. The number of aryl methyl sites for hydroxylation is 1. The van der Waals surface area contributed by atoms with Crippen molar-refractivity contribution >= 4 is 5.97 Å². The van der Waals surface area contributed by atoms with Crippen molar-refractivity contribution in [3.05, 3.63) is 47.5 Å². The first-order valence-electron chi connectivity index (χ1n) is 13.7. The van der Waals surface area contributed by atoms with E-state index >= 15 is 0 Å². The van der Waals surface area contributed by atoms with Gasteiger partial charge in [0.15, 0.2) is 0 Å². The minimum absolute atomic E-state index is 0.0358. The topological polar surface area (TPSA) is 26.3 Å². The summed E-state index contributed by atoms with van der Waals surface area (Å²) in [5, 5.41) is 0. The Bertz CT molecular complexity index is 778. The highest BCUT2D eigenvalue weighted by atomic mass is 16.5. The van der Waals surface area contributed by atoms with Crippen molar-refractivity contribution in [2.75, 3.05) is 0 Å². The van der Waals surface area contributed by atoms with Gasteiger partial charge < -0.3 is 4.74 Å². The Morgan fingerprint density at radius 2 is 1.67 bits per heavy atom. The van der Waals surface area contributed by atoms with E-state index < -0.39 is 0 Å². The molecule has 0 N–H and O–H groups in total. The van der Waals surface area contributed by atoms with Crippen LogP contribution in [0.2, 0.25) is 0 Å². The fraction of sp³-hybridized carbons (Fsp3) is 0.645. The predicted molar refractivity (Wildman–Crippen MR) is 138 cm³/mol. The Kier molecular flexibility index (Phi) is 11.1. The summed E-state index contributed by atoms with van der Waals surface area (Å²) in [7, 11) is 0. The van der Waals surface area contributed by atoms with Crippen LogP contribution in [0.1, 0.15) is 113 Å². The molecule has 0 radical (unpaired) electrons. The summed E-state index contributed by atoms with van der Waals surface area (Å²) < 4.78 is 5.79. The van der Waals surface area contributed by atoms with Crippen molar-refractivity contribution < 1.29 is 9.53 Å². The van der Waals surface area contributed by atoms with Crippen LogP contribution in [0.15, 0.2) is 36.4 Å². The lowest BCUT2D eigenvalue weighted by molar-refractivity contribution is 0.0188. The summed E-state index contributed by atoms with van der Waals surface area (Å²) >= 11 is 0. The van der Waals surface area contributed by atoms with E-state index in [2.05, 4.69) is 50.0 Å². The van der Waals surface area contributed by atoms with Crippen LogP contribution in [-0.2, 0) is 11.2 Å². The van der Waals surface area contributed by atoms with Crippen molar-refractivity contribution in [2.24, 2.45) is 17.8 Å². The molecule has 0 saturated heterocycles. The average molecular weight is 449 g/mol. The second-order valence-electron chi connectivity index (χ2n) is 10.3. The Morgan fingerprint density at radius 3 is 2.33 bits per heavy atom. The molecule has 0 aliphatic heterocycles. The number of benzene rings is 1. The van der Waals surface area contributed by atoms with Crippen LogP contribution in [-0.4, -0.2) is 12.1 Å². The first-order chi connectivity index (χ1) is 16.2. The Morgan fingerprint density at radius 1 is 0.939 bits per heavy atom. The van der Waals surface area contributed by atoms with Crippen molar-refractivity contribution in [3.8, 4) is 11.8 Å². The quantitative estimate of drug-likeness (QED) is 0.216. The highest BCUT2D eigenvalue weighted by Crippen LogP contribution is 2.32. The minimum Gasteiger partial charge on any atom is -0.459 e. The third-order valence-corrected chi connectivity index (χ3v) is 7.53. The number of hydrogen-bond donors (Lipinski definition) is 0. The molecule has 0 spiro atoms. The van der Waals surface area contributed by atoms with Crippen LogP contribution in [0, 0.1) is 29.6 Å². The number of carbonyl (C=O) groups excluding carboxylic acids is 1. The number of ether oxygens (including phenoxy) is 1. The third kappa shape index (κ3) is 9.04. The molecule has 2 aliphatic carbocycles. The molecule has 2 fully saturated rings. The van der Waals surface area contributed by atoms with Crippen LogP contribution in [0.5, 0.6) is 0 Å². The van der Waals surface area contributed by atoms with Gasteiger partial charge >= 0.3 is 5.97 Å². The second kappa shape index (κ2) is 14.3. The van der Waals surface area contributed by atoms with E-state index in [1.54, 1.807) is 0 Å². The smallest absolute Gasteiger partial charge is 0.338 e. The second-order valence-corrected chi connectivity index (χ2v) is 10.3. The predicted octanol–water partition coefficient (Wildman–Crippen LogP) is 8.30. The van der Waals surface area contributed by atoms with E-state index in [1.807, 2.05) is 12.1 Å². The van der Waals surface area contributed by atoms with E-state index in [0.29, 0.717) is 11.5 Å². The highest BCUT2D eigenvalue weighted by Gasteiger charge is 2.23. The fourth-order valence-corrected chi connectivity index (χ4v) is 5.36. The lowest BCUT2D eigenvalue weighted by Crippen LogP contribution is -2.24. The largest absolute Gasteiger partial charge is 0.459 e. The van der Waals surface area contributed by atoms with Gasteiger partial charge in [-0.2, -0.15) is 0 Å². The molecule has 2 nitrogen and oxygen atoms in total. The number of esters is 1. The average Bonchev–Trinajstić information content (AvgIpc) is 2.84. The van der Waals surface area contributed by atoms with E-state index in [9.17, 15) is 4.79 Å². The Hall–Kier alpha value is -2.01. The van der Waals surface area contributed by atoms with Gasteiger partial charge in [-0.25, -0.2) is 4.79 Å². The summed E-state index contributed by atoms with van der Waals surface area (Å²) in [5.41, 5.74) is 1.97. The normalized spacial score (nSPS) is 25.4. The maximum Gasteiger partial charge on any atom is 0.338 e. The van der Waals surface area contributed by atoms with Crippen LogP contribution in [0.25, 0.3) is 0 Å². The summed E-state index contributed by atoms with van der Waals surface area (Å²) in [6.45, 7) is 4.52. The van der Waals surface area contributed by atoms with Gasteiger partial charge in [-0.1, -0.05) is 69.6 Å². The van der Waals surface area contributed by atoms with Crippen LogP contribution >= 0.6 is 0 Å². The van der Waals surface area contributed by atoms with Crippen LogP contribution in [0.3, 0.4) is 0 Å². The monoisotopic (exact) mass is 448 g/mol. The van der Waals surface area contributed by atoms with Gasteiger partial charge in [0.1, 0.15) is 6.10 Å². The molecular weight excluding hydrogens is 404 g/mol. The van der Waals surface area contributed by atoms with Crippen molar-refractivity contribution in [3.63, 3.8) is 0 Å². The van der Waals surface area contributed by atoms with Gasteiger partial charge in [-0.05, 0) is 99.8 Å². The first kappa shape index (κ1) is 25.6. The summed E-state index contributed by atoms with van der Waals surface area (Å²) in [4.78, 5) is 12.5. The molecule has 1 aromatic carbocycles. The van der Waals surface area contributed by atoms with E-state index in [0.717, 1.165) is 43.9 Å². The molecule has 33 heavy (non-hydrogen) atoms. The lowest BCUT2D eigenvalue weighted by Gasteiger charge is -2.26. The highest BCUT2D eigenvalue weighted by molar-refractivity contribution is 5.89. The maximum absolute atomic E-state index is 12.5. The van der Waals surface area contributed by atoms with Crippen LogP contribution in [0.4, 0.5) is 0 Å². The van der Waals surface area contributed by atoms with E-state index in [-0.39, 0.29) is 12.1 Å². The number of allylic oxidation sites excluding steroid dienone is 2. The third-order valence-electron chi connectivity index (χ3n) is 7.53. The molecule has 3 rings (SSSR count). The molecule has 0 bridgehead atoms. The van der Waals surface area contributed by atoms with E-state index in [4.69, 9.17) is 4.74 Å². The standard InChI is InChI=1S/C31H44O2/c1-3-5-6-10-27-17-21-29(22-18-27)31(32)33-30-23-19-28(20-24-30)12-8-7-11-26-15-13-25(9-4-2)14-16-26/h7,11,17-18,21-22,25-26,28,30H,3-6,9-10,13-16,19-20,23-24H2,1-2H3. The van der Waals surface area contributed by atoms with Crippen LogP contribution < -0.4 is 0 Å². The fourth-order valence-electron chi connectivity index (χ4n) is 5.36. The zero-order valence-corrected chi connectivity index (χ0v) is 21.0. The molecule has 0 unspecified atom stereocenters. The van der Waals surface area contributed by atoms with Crippen molar-refractivity contribution in [1.82, 2.24) is 0 Å². The van der Waals surface area contributed by atoms with Gasteiger partial charge in [0.05, 0.1) is 5.56 Å². The van der Waals surface area contributed by atoms with Crippen molar-refractivity contribution in [1.29, 1.82) is 0 Å². The van der Waals surface area contributed by atoms with Gasteiger partial charge in [-0.15, -0.1) is 0 Å². The summed E-state index contributed by atoms with van der Waals surface area (Å²) in [6.07, 6.45) is 21.3. The molecular formula is C31H44O2. The lowest BCUT2D eigenvalue weighted by atomic mass is 9.80.